The van der Waals surface area contributed by atoms with Crippen molar-refractivity contribution >= 4 is 21.8 Å². The van der Waals surface area contributed by atoms with Gasteiger partial charge in [0.1, 0.15) is 5.75 Å². The summed E-state index contributed by atoms with van der Waals surface area (Å²) in [5.41, 5.74) is 6.34. The van der Waals surface area contributed by atoms with Gasteiger partial charge in [0.15, 0.2) is 0 Å². The zero-order valence-corrected chi connectivity index (χ0v) is 10.9. The first-order valence-electron chi connectivity index (χ1n) is 5.63. The largest absolute Gasteiger partial charge is 0.507 e. The van der Waals surface area contributed by atoms with Crippen molar-refractivity contribution in [1.82, 2.24) is 5.32 Å². The summed E-state index contributed by atoms with van der Waals surface area (Å²) >= 11 is 3.17. The van der Waals surface area contributed by atoms with Gasteiger partial charge < -0.3 is 16.2 Å². The van der Waals surface area contributed by atoms with E-state index in [1.165, 1.54) is 6.07 Å². The molecule has 17 heavy (non-hydrogen) atoms. The first-order valence-corrected chi connectivity index (χ1v) is 6.42. The van der Waals surface area contributed by atoms with Gasteiger partial charge in [0.2, 0.25) is 0 Å². The molecule has 2 rings (SSSR count). The molecule has 0 spiro atoms. The normalized spacial score (nSPS) is 23.6. The first kappa shape index (κ1) is 12.4. The number of nitrogens with two attached hydrogens (primary N) is 1. The van der Waals surface area contributed by atoms with Crippen molar-refractivity contribution in [2.24, 2.45) is 5.73 Å². The number of phenolic OH excluding ortho intramolecular Hbond substituents is 1. The minimum Gasteiger partial charge on any atom is -0.507 e. The molecule has 1 aliphatic rings. The van der Waals surface area contributed by atoms with Gasteiger partial charge in [0.25, 0.3) is 5.91 Å². The molecule has 4 N–H and O–H groups in total. The van der Waals surface area contributed by atoms with E-state index < -0.39 is 0 Å². The van der Waals surface area contributed by atoms with Crippen molar-refractivity contribution < 1.29 is 9.90 Å². The topological polar surface area (TPSA) is 75.3 Å². The predicted octanol–water partition coefficient (Wildman–Crippen LogP) is 1.76. The fraction of sp³-hybridized carbons (Fsp3) is 0.417. The van der Waals surface area contributed by atoms with E-state index in [0.717, 1.165) is 19.3 Å². The third-order valence-electron chi connectivity index (χ3n) is 3.09. The van der Waals surface area contributed by atoms with E-state index in [0.29, 0.717) is 10.0 Å². The molecule has 5 heteroatoms. The standard InChI is InChI=1S/C12H15BrN2O2/c13-8-5-4-7(6-11(8)16)12(17)15-10-3-1-2-9(10)14/h4-6,9-10,16H,1-3,14H2,(H,15,17). The molecule has 1 aromatic rings. The van der Waals surface area contributed by atoms with E-state index in [2.05, 4.69) is 21.2 Å². The minimum absolute atomic E-state index is 0.0444. The maximum absolute atomic E-state index is 11.9. The lowest BCUT2D eigenvalue weighted by Gasteiger charge is -2.17. The second kappa shape index (κ2) is 5.06. The summed E-state index contributed by atoms with van der Waals surface area (Å²) in [6, 6.07) is 4.86. The van der Waals surface area contributed by atoms with Gasteiger partial charge in [-0.15, -0.1) is 0 Å². The molecule has 0 saturated heterocycles. The molecule has 1 fully saturated rings. The molecule has 0 aliphatic heterocycles. The summed E-state index contributed by atoms with van der Waals surface area (Å²) in [5, 5.41) is 12.4. The quantitative estimate of drug-likeness (QED) is 0.779. The van der Waals surface area contributed by atoms with Gasteiger partial charge in [-0.1, -0.05) is 0 Å². The van der Waals surface area contributed by atoms with Crippen LogP contribution in [-0.2, 0) is 0 Å². The number of aromatic hydroxyl groups is 1. The Bertz CT molecular complexity index is 437. The molecule has 0 bridgehead atoms. The van der Waals surface area contributed by atoms with E-state index in [9.17, 15) is 9.90 Å². The van der Waals surface area contributed by atoms with Gasteiger partial charge in [-0.3, -0.25) is 4.79 Å². The molecule has 0 radical (unpaired) electrons. The molecule has 92 valence electrons. The molecule has 1 aromatic carbocycles. The van der Waals surface area contributed by atoms with E-state index in [1.807, 2.05) is 0 Å². The van der Waals surface area contributed by atoms with Crippen LogP contribution in [0.3, 0.4) is 0 Å². The van der Waals surface area contributed by atoms with Crippen LogP contribution in [0.5, 0.6) is 5.75 Å². The van der Waals surface area contributed by atoms with Gasteiger partial charge >= 0.3 is 0 Å². The number of hydrogen-bond acceptors (Lipinski definition) is 3. The Morgan fingerprint density at radius 1 is 1.47 bits per heavy atom. The van der Waals surface area contributed by atoms with Crippen LogP contribution in [0.15, 0.2) is 22.7 Å². The number of hydrogen-bond donors (Lipinski definition) is 3. The molecule has 4 nitrogen and oxygen atoms in total. The zero-order chi connectivity index (χ0) is 12.4. The van der Waals surface area contributed by atoms with Crippen LogP contribution < -0.4 is 11.1 Å². The van der Waals surface area contributed by atoms with Gasteiger partial charge in [-0.25, -0.2) is 0 Å². The van der Waals surface area contributed by atoms with E-state index in [-0.39, 0.29) is 23.7 Å². The van der Waals surface area contributed by atoms with Gasteiger partial charge in [0.05, 0.1) is 4.47 Å². The Morgan fingerprint density at radius 2 is 2.24 bits per heavy atom. The van der Waals surface area contributed by atoms with Crippen LogP contribution in [0.25, 0.3) is 0 Å². The molecule has 0 aromatic heterocycles. The zero-order valence-electron chi connectivity index (χ0n) is 9.32. The average Bonchev–Trinajstić information content (AvgIpc) is 2.68. The van der Waals surface area contributed by atoms with Gasteiger partial charge in [-0.05, 0) is 53.4 Å². The van der Waals surface area contributed by atoms with E-state index in [1.54, 1.807) is 12.1 Å². The van der Waals surface area contributed by atoms with Crippen LogP contribution in [0.4, 0.5) is 0 Å². The lowest BCUT2D eigenvalue weighted by Crippen LogP contribution is -2.43. The number of phenols is 1. The summed E-state index contributed by atoms with van der Waals surface area (Å²) in [4.78, 5) is 11.9. The number of carbonyl (C=O) groups is 1. The third-order valence-corrected chi connectivity index (χ3v) is 3.76. The molecule has 0 heterocycles. The fourth-order valence-corrected chi connectivity index (χ4v) is 2.32. The Kier molecular flexibility index (Phi) is 3.69. The van der Waals surface area contributed by atoms with Crippen molar-refractivity contribution in [2.45, 2.75) is 31.3 Å². The molecule has 2 atom stereocenters. The highest BCUT2D eigenvalue weighted by Gasteiger charge is 2.25. The molecule has 2 unspecified atom stereocenters. The van der Waals surface area contributed by atoms with Crippen LogP contribution in [0.1, 0.15) is 29.6 Å². The average molecular weight is 299 g/mol. The molecule has 1 aliphatic carbocycles. The maximum atomic E-state index is 11.9. The van der Waals surface area contributed by atoms with Crippen LogP contribution in [-0.4, -0.2) is 23.1 Å². The number of amides is 1. The number of carbonyl (C=O) groups excluding carboxylic acids is 1. The van der Waals surface area contributed by atoms with Crippen LogP contribution >= 0.6 is 15.9 Å². The summed E-state index contributed by atoms with van der Waals surface area (Å²) in [6.07, 6.45) is 2.93. The number of nitrogens with one attached hydrogen (secondary N) is 1. The second-order valence-corrected chi connectivity index (χ2v) is 5.20. The van der Waals surface area contributed by atoms with Crippen molar-refractivity contribution in [3.63, 3.8) is 0 Å². The molecule has 1 amide bonds. The summed E-state index contributed by atoms with van der Waals surface area (Å²) in [6.45, 7) is 0. The number of rotatable bonds is 2. The Morgan fingerprint density at radius 3 is 2.82 bits per heavy atom. The van der Waals surface area contributed by atoms with Gasteiger partial charge in [-0.2, -0.15) is 0 Å². The van der Waals surface area contributed by atoms with Crippen LogP contribution in [0.2, 0.25) is 0 Å². The van der Waals surface area contributed by atoms with E-state index >= 15 is 0 Å². The van der Waals surface area contributed by atoms with Crippen molar-refractivity contribution in [1.29, 1.82) is 0 Å². The smallest absolute Gasteiger partial charge is 0.251 e. The maximum Gasteiger partial charge on any atom is 0.251 e. The summed E-state index contributed by atoms with van der Waals surface area (Å²) in [7, 11) is 0. The fourth-order valence-electron chi connectivity index (χ4n) is 2.07. The van der Waals surface area contributed by atoms with Crippen molar-refractivity contribution in [3.8, 4) is 5.75 Å². The highest BCUT2D eigenvalue weighted by molar-refractivity contribution is 9.10. The Hall–Kier alpha value is -1.07. The SMILES string of the molecule is NC1CCCC1NC(=O)c1ccc(Br)c(O)c1. The van der Waals surface area contributed by atoms with Crippen molar-refractivity contribution in [2.75, 3.05) is 0 Å². The molecular weight excluding hydrogens is 284 g/mol. The lowest BCUT2D eigenvalue weighted by molar-refractivity contribution is 0.0934. The Balaban J connectivity index is 2.06. The highest BCUT2D eigenvalue weighted by atomic mass is 79.9. The molecule has 1 saturated carbocycles. The van der Waals surface area contributed by atoms with Crippen molar-refractivity contribution in [3.05, 3.63) is 28.2 Å². The predicted molar refractivity (Wildman–Crippen MR) is 68.9 cm³/mol. The lowest BCUT2D eigenvalue weighted by atomic mass is 10.1. The van der Waals surface area contributed by atoms with Crippen LogP contribution in [0, 0.1) is 0 Å². The Labute approximate surface area is 108 Å². The first-order chi connectivity index (χ1) is 8.08. The summed E-state index contributed by atoms with van der Waals surface area (Å²) in [5.74, 6) is -0.122. The second-order valence-electron chi connectivity index (χ2n) is 4.34. The summed E-state index contributed by atoms with van der Waals surface area (Å²) < 4.78 is 0.576. The van der Waals surface area contributed by atoms with E-state index in [4.69, 9.17) is 5.73 Å². The van der Waals surface area contributed by atoms with Gasteiger partial charge in [0, 0.05) is 17.6 Å². The molecular formula is C12H15BrN2O2. The minimum atomic E-state index is -0.185. The monoisotopic (exact) mass is 298 g/mol. The number of halogens is 1. The number of benzene rings is 1. The third kappa shape index (κ3) is 2.79. The highest BCUT2D eigenvalue weighted by Crippen LogP contribution is 2.24.